The van der Waals surface area contributed by atoms with E-state index in [1.807, 2.05) is 55.5 Å². The maximum Gasteiger partial charge on any atom is 0.191 e. The largest absolute Gasteiger partial charge is 0.496 e. The van der Waals surface area contributed by atoms with Crippen LogP contribution in [0.25, 0.3) is 0 Å². The van der Waals surface area contributed by atoms with Crippen LogP contribution in [-0.2, 0) is 22.1 Å². The van der Waals surface area contributed by atoms with E-state index < -0.39 is 9.84 Å². The van der Waals surface area contributed by atoms with Gasteiger partial charge in [-0.3, -0.25) is 4.99 Å². The molecule has 0 saturated heterocycles. The molecule has 0 fully saturated rings. The molecule has 0 aliphatic carbocycles. The number of hydrogen-bond acceptors (Lipinski definition) is 4. The molecule has 0 bridgehead atoms. The fourth-order valence-electron chi connectivity index (χ4n) is 2.80. The smallest absolute Gasteiger partial charge is 0.191 e. The molecular weight excluding hydrogens is 374 g/mol. The molecule has 0 unspecified atom stereocenters. The van der Waals surface area contributed by atoms with Crippen LogP contribution >= 0.6 is 0 Å². The number of aliphatic imine (C=N–C) groups is 1. The Kier molecular flexibility index (Phi) is 8.32. The zero-order valence-corrected chi connectivity index (χ0v) is 17.6. The SMILES string of the molecule is CN=C(NCCCS(=O)(=O)Cc1ccccc1)NCc1ccc(C)cc1OC. The van der Waals surface area contributed by atoms with Crippen LogP contribution in [0.3, 0.4) is 0 Å². The zero-order valence-electron chi connectivity index (χ0n) is 16.7. The molecule has 0 aliphatic rings. The third-order valence-corrected chi connectivity index (χ3v) is 5.95. The minimum atomic E-state index is -3.12. The summed E-state index contributed by atoms with van der Waals surface area (Å²) >= 11 is 0. The summed E-state index contributed by atoms with van der Waals surface area (Å²) in [6.45, 7) is 3.11. The number of methoxy groups -OCH3 is 1. The highest BCUT2D eigenvalue weighted by atomic mass is 32.2. The second kappa shape index (κ2) is 10.7. The van der Waals surface area contributed by atoms with E-state index in [1.165, 1.54) is 0 Å². The lowest BCUT2D eigenvalue weighted by atomic mass is 10.1. The monoisotopic (exact) mass is 403 g/mol. The Morgan fingerprint density at radius 2 is 1.86 bits per heavy atom. The van der Waals surface area contributed by atoms with E-state index in [0.717, 1.165) is 22.4 Å². The van der Waals surface area contributed by atoms with Crippen LogP contribution < -0.4 is 15.4 Å². The van der Waals surface area contributed by atoms with Gasteiger partial charge in [-0.25, -0.2) is 8.42 Å². The number of nitrogens with one attached hydrogen (secondary N) is 2. The van der Waals surface area contributed by atoms with Gasteiger partial charge in [0.1, 0.15) is 5.75 Å². The van der Waals surface area contributed by atoms with Crippen molar-refractivity contribution >= 4 is 15.8 Å². The van der Waals surface area contributed by atoms with E-state index in [0.29, 0.717) is 25.5 Å². The quantitative estimate of drug-likeness (QED) is 0.382. The van der Waals surface area contributed by atoms with Crippen LogP contribution in [0.4, 0.5) is 0 Å². The van der Waals surface area contributed by atoms with Gasteiger partial charge in [-0.2, -0.15) is 0 Å². The number of nitrogens with zero attached hydrogens (tertiary/aromatic N) is 1. The average Bonchev–Trinajstić information content (AvgIpc) is 2.68. The Hall–Kier alpha value is -2.54. The molecule has 2 aromatic carbocycles. The lowest BCUT2D eigenvalue weighted by Gasteiger charge is -2.14. The predicted molar refractivity (Wildman–Crippen MR) is 114 cm³/mol. The van der Waals surface area contributed by atoms with Crippen LogP contribution in [0.5, 0.6) is 5.75 Å². The minimum Gasteiger partial charge on any atom is -0.496 e. The van der Waals surface area contributed by atoms with Gasteiger partial charge in [0.05, 0.1) is 18.6 Å². The van der Waals surface area contributed by atoms with Crippen molar-refractivity contribution in [2.45, 2.75) is 25.6 Å². The van der Waals surface area contributed by atoms with Crippen LogP contribution in [0.15, 0.2) is 53.5 Å². The van der Waals surface area contributed by atoms with Crippen molar-refractivity contribution in [3.8, 4) is 5.75 Å². The number of rotatable bonds is 9. The molecule has 0 aliphatic heterocycles. The number of sulfone groups is 1. The molecule has 0 atom stereocenters. The van der Waals surface area contributed by atoms with Crippen molar-refractivity contribution in [1.82, 2.24) is 10.6 Å². The summed E-state index contributed by atoms with van der Waals surface area (Å²) in [5, 5.41) is 6.39. The first-order valence-corrected chi connectivity index (χ1v) is 11.1. The van der Waals surface area contributed by atoms with E-state index in [9.17, 15) is 8.42 Å². The van der Waals surface area contributed by atoms with Crippen LogP contribution in [0.2, 0.25) is 0 Å². The minimum absolute atomic E-state index is 0.0774. The number of ether oxygens (including phenoxy) is 1. The highest BCUT2D eigenvalue weighted by Crippen LogP contribution is 2.19. The summed E-state index contributed by atoms with van der Waals surface area (Å²) in [6.07, 6.45) is 0.518. The fourth-order valence-corrected chi connectivity index (χ4v) is 4.23. The van der Waals surface area contributed by atoms with Crippen molar-refractivity contribution in [1.29, 1.82) is 0 Å². The number of guanidine groups is 1. The molecule has 0 amide bonds. The summed E-state index contributed by atoms with van der Waals surface area (Å²) in [7, 11) is 0.218. The Morgan fingerprint density at radius 1 is 1.11 bits per heavy atom. The van der Waals surface area contributed by atoms with Crippen LogP contribution in [0, 0.1) is 6.92 Å². The van der Waals surface area contributed by atoms with Crippen LogP contribution in [-0.4, -0.2) is 40.8 Å². The molecular formula is C21H29N3O3S. The number of benzene rings is 2. The van der Waals surface area contributed by atoms with Crippen molar-refractivity contribution in [3.63, 3.8) is 0 Å². The first kappa shape index (κ1) is 21.8. The van der Waals surface area contributed by atoms with Crippen molar-refractivity contribution in [2.24, 2.45) is 4.99 Å². The van der Waals surface area contributed by atoms with E-state index in [2.05, 4.69) is 15.6 Å². The molecule has 152 valence electrons. The maximum atomic E-state index is 12.2. The molecule has 2 rings (SSSR count). The molecule has 2 aromatic rings. The molecule has 0 saturated carbocycles. The lowest BCUT2D eigenvalue weighted by Crippen LogP contribution is -2.37. The second-order valence-electron chi connectivity index (χ2n) is 6.60. The maximum absolute atomic E-state index is 12.2. The van der Waals surface area contributed by atoms with Gasteiger partial charge in [0.15, 0.2) is 15.8 Å². The molecule has 28 heavy (non-hydrogen) atoms. The van der Waals surface area contributed by atoms with E-state index in [4.69, 9.17) is 4.74 Å². The van der Waals surface area contributed by atoms with E-state index in [-0.39, 0.29) is 11.5 Å². The standard InChI is InChI=1S/C21H29N3O3S/c1-17-10-11-19(20(14-17)27-3)15-24-21(22-2)23-12-7-13-28(25,26)16-18-8-5-4-6-9-18/h4-6,8-11,14H,7,12-13,15-16H2,1-3H3,(H2,22,23,24). The molecule has 0 aromatic heterocycles. The highest BCUT2D eigenvalue weighted by Gasteiger charge is 2.11. The Morgan fingerprint density at radius 3 is 2.54 bits per heavy atom. The summed E-state index contributed by atoms with van der Waals surface area (Å²) in [5.41, 5.74) is 2.99. The van der Waals surface area contributed by atoms with Crippen LogP contribution in [0.1, 0.15) is 23.1 Å². The van der Waals surface area contributed by atoms with E-state index in [1.54, 1.807) is 14.2 Å². The molecule has 0 radical (unpaired) electrons. The van der Waals surface area contributed by atoms with Crippen molar-refractivity contribution in [2.75, 3.05) is 26.5 Å². The Balaban J connectivity index is 1.77. The van der Waals surface area contributed by atoms with Gasteiger partial charge >= 0.3 is 0 Å². The number of hydrogen-bond donors (Lipinski definition) is 2. The fraction of sp³-hybridized carbons (Fsp3) is 0.381. The zero-order chi connectivity index (χ0) is 20.4. The summed E-state index contributed by atoms with van der Waals surface area (Å²) in [6, 6.07) is 15.3. The van der Waals surface area contributed by atoms with Gasteiger partial charge in [0.2, 0.25) is 0 Å². The molecule has 7 heteroatoms. The Bertz CT molecular complexity index is 881. The third-order valence-electron chi connectivity index (χ3n) is 4.27. The molecule has 0 spiro atoms. The number of aryl methyl sites for hydroxylation is 1. The van der Waals surface area contributed by atoms with Gasteiger partial charge in [-0.05, 0) is 30.5 Å². The average molecular weight is 404 g/mol. The summed E-state index contributed by atoms with van der Waals surface area (Å²) < 4.78 is 29.9. The molecule has 0 heterocycles. The van der Waals surface area contributed by atoms with Crippen molar-refractivity contribution in [3.05, 3.63) is 65.2 Å². The first-order valence-electron chi connectivity index (χ1n) is 9.26. The topological polar surface area (TPSA) is 79.8 Å². The molecule has 2 N–H and O–H groups in total. The highest BCUT2D eigenvalue weighted by molar-refractivity contribution is 7.90. The normalized spacial score (nSPS) is 11.9. The van der Waals surface area contributed by atoms with Gasteiger partial charge in [0.25, 0.3) is 0 Å². The Labute approximate surface area is 168 Å². The predicted octanol–water partition coefficient (Wildman–Crippen LogP) is 2.67. The lowest BCUT2D eigenvalue weighted by molar-refractivity contribution is 0.408. The molecule has 6 nitrogen and oxygen atoms in total. The van der Waals surface area contributed by atoms with Crippen molar-refractivity contribution < 1.29 is 13.2 Å². The van der Waals surface area contributed by atoms with Gasteiger partial charge in [0, 0.05) is 25.7 Å². The second-order valence-corrected chi connectivity index (χ2v) is 8.78. The first-order chi connectivity index (χ1) is 13.4. The summed E-state index contributed by atoms with van der Waals surface area (Å²) in [5.74, 6) is 1.67. The van der Waals surface area contributed by atoms with Gasteiger partial charge < -0.3 is 15.4 Å². The van der Waals surface area contributed by atoms with E-state index >= 15 is 0 Å². The third kappa shape index (κ3) is 7.23. The summed E-state index contributed by atoms with van der Waals surface area (Å²) in [4.78, 5) is 4.18. The van der Waals surface area contributed by atoms with Gasteiger partial charge in [-0.1, -0.05) is 42.5 Å². The van der Waals surface area contributed by atoms with Gasteiger partial charge in [-0.15, -0.1) is 0 Å².